The molecule has 1 aromatic rings. The Bertz CT molecular complexity index is 592. The lowest BCUT2D eigenvalue weighted by atomic mass is 9.96. The molecule has 21 heavy (non-hydrogen) atoms. The van der Waals surface area contributed by atoms with Crippen LogP contribution >= 0.6 is 0 Å². The van der Waals surface area contributed by atoms with E-state index in [9.17, 15) is 9.18 Å². The lowest BCUT2D eigenvalue weighted by molar-refractivity contribution is -0.125. The average molecular weight is 287 g/mol. The molecule has 0 unspecified atom stereocenters. The highest BCUT2D eigenvalue weighted by Gasteiger charge is 2.31. The predicted molar refractivity (Wildman–Crippen MR) is 77.2 cm³/mol. The quantitative estimate of drug-likeness (QED) is 0.927. The Labute approximate surface area is 123 Å². The number of halogens is 1. The van der Waals surface area contributed by atoms with Gasteiger partial charge in [0, 0.05) is 19.1 Å². The topological polar surface area (TPSA) is 56.1 Å². The van der Waals surface area contributed by atoms with Crippen molar-refractivity contribution in [1.29, 1.82) is 5.26 Å². The van der Waals surface area contributed by atoms with Crippen LogP contribution < -0.4 is 10.2 Å². The summed E-state index contributed by atoms with van der Waals surface area (Å²) in [5.74, 6) is -0.372. The fourth-order valence-corrected chi connectivity index (χ4v) is 2.79. The number of anilines is 1. The van der Waals surface area contributed by atoms with Gasteiger partial charge in [-0.05, 0) is 43.9 Å². The standard InChI is InChI=1S/C16H18FN3O/c17-14-8-11(9-18)3-6-15(14)20-7-1-2-12(10-20)16(21)19-13-4-5-13/h3,6,8,12-13H,1-2,4-5,7,10H2,(H,19,21)/t12-/m1/s1. The van der Waals surface area contributed by atoms with E-state index in [0.29, 0.717) is 23.8 Å². The molecule has 5 heteroatoms. The Morgan fingerprint density at radius 3 is 2.86 bits per heavy atom. The van der Waals surface area contributed by atoms with Crippen LogP contribution in [0.15, 0.2) is 18.2 Å². The second-order valence-corrected chi connectivity index (χ2v) is 5.85. The number of nitriles is 1. The Morgan fingerprint density at radius 2 is 2.19 bits per heavy atom. The number of carbonyl (C=O) groups is 1. The maximum atomic E-state index is 14.1. The van der Waals surface area contributed by atoms with Crippen molar-refractivity contribution < 1.29 is 9.18 Å². The molecule has 1 aromatic carbocycles. The van der Waals surface area contributed by atoms with Gasteiger partial charge < -0.3 is 10.2 Å². The zero-order valence-corrected chi connectivity index (χ0v) is 11.8. The highest BCUT2D eigenvalue weighted by atomic mass is 19.1. The summed E-state index contributed by atoms with van der Waals surface area (Å²) in [4.78, 5) is 14.0. The molecule has 4 nitrogen and oxygen atoms in total. The molecule has 1 aliphatic carbocycles. The first-order valence-electron chi connectivity index (χ1n) is 7.42. The van der Waals surface area contributed by atoms with Gasteiger partial charge in [-0.3, -0.25) is 4.79 Å². The highest BCUT2D eigenvalue weighted by Crippen LogP contribution is 2.27. The van der Waals surface area contributed by atoms with Crippen molar-refractivity contribution >= 4 is 11.6 Å². The minimum Gasteiger partial charge on any atom is -0.368 e. The van der Waals surface area contributed by atoms with Gasteiger partial charge in [-0.15, -0.1) is 0 Å². The van der Waals surface area contributed by atoms with E-state index in [-0.39, 0.29) is 11.8 Å². The Morgan fingerprint density at radius 1 is 1.38 bits per heavy atom. The number of hydrogen-bond acceptors (Lipinski definition) is 3. The van der Waals surface area contributed by atoms with E-state index in [0.717, 1.165) is 32.2 Å². The van der Waals surface area contributed by atoms with Crippen LogP contribution in [0.5, 0.6) is 0 Å². The molecule has 1 saturated carbocycles. The van der Waals surface area contributed by atoms with Crippen LogP contribution in [-0.2, 0) is 4.79 Å². The Kier molecular flexibility index (Phi) is 3.78. The molecule has 110 valence electrons. The van der Waals surface area contributed by atoms with Crippen LogP contribution in [0, 0.1) is 23.1 Å². The van der Waals surface area contributed by atoms with Crippen molar-refractivity contribution in [3.63, 3.8) is 0 Å². The van der Waals surface area contributed by atoms with Crippen molar-refractivity contribution in [3.05, 3.63) is 29.6 Å². The normalized spacial score (nSPS) is 21.7. The van der Waals surface area contributed by atoms with Gasteiger partial charge in [0.05, 0.1) is 23.2 Å². The van der Waals surface area contributed by atoms with Crippen LogP contribution in [0.25, 0.3) is 0 Å². The zero-order chi connectivity index (χ0) is 14.8. The van der Waals surface area contributed by atoms with E-state index in [4.69, 9.17) is 5.26 Å². The van der Waals surface area contributed by atoms with Gasteiger partial charge in [0.15, 0.2) is 0 Å². The maximum absolute atomic E-state index is 14.1. The number of amides is 1. The van der Waals surface area contributed by atoms with Gasteiger partial charge in [0.25, 0.3) is 0 Å². The smallest absolute Gasteiger partial charge is 0.225 e. The SMILES string of the molecule is N#Cc1ccc(N2CCC[C@@H](C(=O)NC3CC3)C2)c(F)c1. The summed E-state index contributed by atoms with van der Waals surface area (Å²) in [5.41, 5.74) is 0.800. The van der Waals surface area contributed by atoms with Gasteiger partial charge in [0.2, 0.25) is 5.91 Å². The molecular weight excluding hydrogens is 269 g/mol. The number of nitrogens with one attached hydrogen (secondary N) is 1. The van der Waals surface area contributed by atoms with Crippen molar-refractivity contribution in [1.82, 2.24) is 5.32 Å². The Balaban J connectivity index is 1.70. The second kappa shape index (κ2) is 5.72. The summed E-state index contributed by atoms with van der Waals surface area (Å²) in [6.07, 6.45) is 3.88. The lowest BCUT2D eigenvalue weighted by Gasteiger charge is -2.34. The minimum absolute atomic E-state index is 0.0746. The van der Waals surface area contributed by atoms with E-state index in [1.165, 1.54) is 6.07 Å². The molecule has 1 heterocycles. The van der Waals surface area contributed by atoms with Gasteiger partial charge in [-0.25, -0.2) is 4.39 Å². The summed E-state index contributed by atoms with van der Waals surface area (Å²) in [6.45, 7) is 1.29. The van der Waals surface area contributed by atoms with E-state index in [2.05, 4.69) is 5.32 Å². The van der Waals surface area contributed by atoms with E-state index in [1.54, 1.807) is 12.1 Å². The Hall–Kier alpha value is -2.09. The number of benzene rings is 1. The molecule has 0 spiro atoms. The monoisotopic (exact) mass is 287 g/mol. The van der Waals surface area contributed by atoms with Crippen LogP contribution in [0.2, 0.25) is 0 Å². The molecule has 0 bridgehead atoms. The molecule has 1 atom stereocenters. The first-order valence-corrected chi connectivity index (χ1v) is 7.42. The van der Waals surface area contributed by atoms with Crippen LogP contribution in [0.4, 0.5) is 10.1 Å². The van der Waals surface area contributed by atoms with Crippen molar-refractivity contribution in [3.8, 4) is 6.07 Å². The third kappa shape index (κ3) is 3.15. The van der Waals surface area contributed by atoms with Crippen LogP contribution in [0.1, 0.15) is 31.2 Å². The molecular formula is C16H18FN3O. The van der Waals surface area contributed by atoms with Crippen LogP contribution in [0.3, 0.4) is 0 Å². The van der Waals surface area contributed by atoms with E-state index >= 15 is 0 Å². The molecule has 1 amide bonds. The molecule has 0 aromatic heterocycles. The summed E-state index contributed by atoms with van der Waals surface area (Å²) >= 11 is 0. The number of carbonyl (C=O) groups excluding carboxylic acids is 1. The van der Waals surface area contributed by atoms with Gasteiger partial charge >= 0.3 is 0 Å². The van der Waals surface area contributed by atoms with Crippen LogP contribution in [-0.4, -0.2) is 25.0 Å². The third-order valence-electron chi connectivity index (χ3n) is 4.13. The summed E-state index contributed by atoms with van der Waals surface area (Å²) in [7, 11) is 0. The summed E-state index contributed by atoms with van der Waals surface area (Å²) in [5, 5.41) is 11.8. The van der Waals surface area contributed by atoms with Gasteiger partial charge in [-0.1, -0.05) is 0 Å². The number of rotatable bonds is 3. The zero-order valence-electron chi connectivity index (χ0n) is 11.8. The number of piperidine rings is 1. The minimum atomic E-state index is -0.391. The van der Waals surface area contributed by atoms with Gasteiger partial charge in [-0.2, -0.15) is 5.26 Å². The number of hydrogen-bond donors (Lipinski definition) is 1. The summed E-state index contributed by atoms with van der Waals surface area (Å²) in [6, 6.07) is 6.80. The molecule has 1 N–H and O–H groups in total. The molecule has 0 radical (unpaired) electrons. The largest absolute Gasteiger partial charge is 0.368 e. The molecule has 2 aliphatic rings. The maximum Gasteiger partial charge on any atom is 0.225 e. The molecule has 1 saturated heterocycles. The fraction of sp³-hybridized carbons (Fsp3) is 0.500. The van der Waals surface area contributed by atoms with Gasteiger partial charge in [0.1, 0.15) is 5.82 Å². The third-order valence-corrected chi connectivity index (χ3v) is 4.13. The highest BCUT2D eigenvalue weighted by molar-refractivity contribution is 5.80. The van der Waals surface area contributed by atoms with Crippen molar-refractivity contribution in [2.75, 3.05) is 18.0 Å². The first kappa shape index (κ1) is 13.9. The molecule has 1 aliphatic heterocycles. The lowest BCUT2D eigenvalue weighted by Crippen LogP contribution is -2.44. The first-order chi connectivity index (χ1) is 10.2. The van der Waals surface area contributed by atoms with E-state index < -0.39 is 5.82 Å². The summed E-state index contributed by atoms with van der Waals surface area (Å²) < 4.78 is 14.1. The molecule has 2 fully saturated rings. The number of nitrogens with zero attached hydrogens (tertiary/aromatic N) is 2. The van der Waals surface area contributed by atoms with Crippen molar-refractivity contribution in [2.45, 2.75) is 31.7 Å². The van der Waals surface area contributed by atoms with E-state index in [1.807, 2.05) is 11.0 Å². The molecule has 3 rings (SSSR count). The second-order valence-electron chi connectivity index (χ2n) is 5.85. The average Bonchev–Trinajstić information content (AvgIpc) is 3.31. The fourth-order valence-electron chi connectivity index (χ4n) is 2.79. The predicted octanol–water partition coefficient (Wildman–Crippen LogP) is 2.19. The van der Waals surface area contributed by atoms with Crippen molar-refractivity contribution in [2.24, 2.45) is 5.92 Å².